The Bertz CT molecular complexity index is 1960. The second-order valence-corrected chi connectivity index (χ2v) is 14.3. The van der Waals surface area contributed by atoms with Crippen molar-refractivity contribution in [2.45, 2.75) is 77.4 Å². The average molecular weight is 674 g/mol. The van der Waals surface area contributed by atoms with E-state index < -0.39 is 0 Å². The van der Waals surface area contributed by atoms with E-state index in [0.717, 1.165) is 49.8 Å². The summed E-state index contributed by atoms with van der Waals surface area (Å²) in [6, 6.07) is 4.52. The second-order valence-electron chi connectivity index (χ2n) is 13.7. The number of thiol groups is 1. The Balaban J connectivity index is 1.51. The molecule has 0 N–H and O–H groups in total. The number of rotatable bonds is 12. The Morgan fingerprint density at radius 1 is 1.08 bits per heavy atom. The quantitative estimate of drug-likeness (QED) is 0.129. The third kappa shape index (κ3) is 7.37. The molecule has 2 heteroatoms. The van der Waals surface area contributed by atoms with Crippen molar-refractivity contribution in [1.29, 1.82) is 0 Å². The number of hydrogen-bond donors (Lipinski definition) is 1. The summed E-state index contributed by atoms with van der Waals surface area (Å²) in [4.78, 5) is 5.19. The van der Waals surface area contributed by atoms with Gasteiger partial charge in [0.25, 0.3) is 0 Å². The molecule has 0 saturated carbocycles. The highest BCUT2D eigenvalue weighted by atomic mass is 32.1. The molecule has 0 aliphatic heterocycles. The molecular weight excluding hydrogens is 623 g/mol. The summed E-state index contributed by atoms with van der Waals surface area (Å²) in [5.74, 6) is 0.369. The number of fused-ring (bicyclic) bond motifs is 4. The monoisotopic (exact) mass is 673 g/mol. The van der Waals surface area contributed by atoms with Gasteiger partial charge in [-0.3, -0.25) is 4.99 Å². The van der Waals surface area contributed by atoms with Gasteiger partial charge in [-0.05, 0) is 114 Å². The Labute approximate surface area is 306 Å². The number of unbranched alkanes of at least 4 members (excludes halogenated alkanes) is 1. The molecule has 50 heavy (non-hydrogen) atoms. The minimum Gasteiger partial charge on any atom is -0.257 e. The first-order chi connectivity index (χ1) is 24.5. The number of nitrogens with zero attached hydrogens (tertiary/aromatic N) is 1. The molecule has 5 aliphatic carbocycles. The molecular formula is C48H51NS. The second kappa shape index (κ2) is 16.5. The van der Waals surface area contributed by atoms with E-state index in [4.69, 9.17) is 17.6 Å². The van der Waals surface area contributed by atoms with Crippen molar-refractivity contribution < 1.29 is 0 Å². The molecule has 3 atom stereocenters. The van der Waals surface area contributed by atoms with Crippen molar-refractivity contribution in [3.63, 3.8) is 0 Å². The predicted molar refractivity (Wildman–Crippen MR) is 222 cm³/mol. The van der Waals surface area contributed by atoms with Crippen LogP contribution in [-0.4, -0.2) is 11.5 Å². The Kier molecular flexibility index (Phi) is 11.7. The van der Waals surface area contributed by atoms with E-state index in [9.17, 15) is 0 Å². The number of allylic oxidation sites excluding steroid dienone is 25. The normalized spacial score (nSPS) is 24.3. The smallest absolute Gasteiger partial charge is 0.0673 e. The van der Waals surface area contributed by atoms with E-state index in [1.165, 1.54) is 61.3 Å². The summed E-state index contributed by atoms with van der Waals surface area (Å²) >= 11 is 5.00. The molecule has 6 rings (SSSR count). The first-order valence-corrected chi connectivity index (χ1v) is 18.9. The largest absolute Gasteiger partial charge is 0.257 e. The van der Waals surface area contributed by atoms with E-state index in [0.29, 0.717) is 5.92 Å². The fourth-order valence-electron chi connectivity index (χ4n) is 7.93. The fourth-order valence-corrected chi connectivity index (χ4v) is 8.29. The molecule has 0 fully saturated rings. The summed E-state index contributed by atoms with van der Waals surface area (Å²) < 4.78 is 0. The highest BCUT2D eigenvalue weighted by Crippen LogP contribution is 2.50. The van der Waals surface area contributed by atoms with Gasteiger partial charge in [0.05, 0.1) is 5.69 Å². The van der Waals surface area contributed by atoms with Gasteiger partial charge in [0.2, 0.25) is 0 Å². The van der Waals surface area contributed by atoms with E-state index in [1.807, 2.05) is 6.21 Å². The zero-order chi connectivity index (χ0) is 35.0. The van der Waals surface area contributed by atoms with Crippen molar-refractivity contribution in [2.75, 3.05) is 0 Å². The van der Waals surface area contributed by atoms with Crippen LogP contribution in [0.3, 0.4) is 0 Å². The van der Waals surface area contributed by atoms with Crippen LogP contribution in [0.4, 0.5) is 5.69 Å². The van der Waals surface area contributed by atoms with Gasteiger partial charge in [0.1, 0.15) is 0 Å². The maximum atomic E-state index is 5.19. The molecule has 0 aromatic heterocycles. The van der Waals surface area contributed by atoms with E-state index in [2.05, 4.69) is 156 Å². The standard InChI is InChI=1S/C48H51NS/c1-6-9-10-11-12-20-35(18-7-2)30-31-49-45-29-28-36-21-13-14-22-39(36)48(45)34(5)47(38-23-15-19-33(38)4)37(8-3)40-26-17-27-46(50)44-32-43(40)41-24-16-25-42(41)44/h7-8,10-12,14-18,20,22-24,26-32,34,44,46,50H,3,6,9,13,19,21,25H2,1-2,4-5H3/b11-10-,18-7-,20-12?,27-17-,35-30+,40-26+,47-37-,49-31+. The summed E-state index contributed by atoms with van der Waals surface area (Å²) in [7, 11) is 0. The molecule has 254 valence electrons. The van der Waals surface area contributed by atoms with Gasteiger partial charge in [0, 0.05) is 23.3 Å². The van der Waals surface area contributed by atoms with E-state index in [1.54, 1.807) is 0 Å². The molecule has 0 saturated heterocycles. The number of hydrogen-bond acceptors (Lipinski definition) is 2. The average Bonchev–Trinajstić information content (AvgIpc) is 3.86. The van der Waals surface area contributed by atoms with Crippen LogP contribution >= 0.6 is 12.6 Å². The zero-order valence-corrected chi connectivity index (χ0v) is 31.1. The summed E-state index contributed by atoms with van der Waals surface area (Å²) in [5, 5.41) is 0.172. The van der Waals surface area contributed by atoms with Crippen LogP contribution in [0.25, 0.3) is 6.08 Å². The molecule has 0 amide bonds. The first kappa shape index (κ1) is 35.4. The Morgan fingerprint density at radius 2 is 1.94 bits per heavy atom. The maximum Gasteiger partial charge on any atom is 0.0673 e. The van der Waals surface area contributed by atoms with Gasteiger partial charge >= 0.3 is 0 Å². The van der Waals surface area contributed by atoms with Gasteiger partial charge < -0.3 is 0 Å². The molecule has 1 aromatic rings. The van der Waals surface area contributed by atoms with Crippen molar-refractivity contribution in [2.24, 2.45) is 10.9 Å². The fraction of sp³-hybridized carbons (Fsp3) is 0.271. The van der Waals surface area contributed by atoms with Gasteiger partial charge in [-0.25, -0.2) is 0 Å². The highest BCUT2D eigenvalue weighted by molar-refractivity contribution is 7.81. The lowest BCUT2D eigenvalue weighted by atomic mass is 9.76. The molecule has 2 bridgehead atoms. The molecule has 0 heterocycles. The third-order valence-electron chi connectivity index (χ3n) is 10.4. The van der Waals surface area contributed by atoms with Crippen LogP contribution in [0.5, 0.6) is 0 Å². The molecule has 1 aromatic carbocycles. The lowest BCUT2D eigenvalue weighted by Gasteiger charge is -2.28. The molecule has 0 radical (unpaired) electrons. The van der Waals surface area contributed by atoms with E-state index in [-0.39, 0.29) is 11.2 Å². The molecule has 5 aliphatic rings. The summed E-state index contributed by atoms with van der Waals surface area (Å²) in [5.41, 5.74) is 16.8. The summed E-state index contributed by atoms with van der Waals surface area (Å²) in [6.07, 6.45) is 48.5. The van der Waals surface area contributed by atoms with Crippen LogP contribution in [0, 0.1) is 5.92 Å². The topological polar surface area (TPSA) is 12.4 Å². The Morgan fingerprint density at radius 3 is 2.72 bits per heavy atom. The SMILES string of the molecule is C=CC(/C1=C\C=C/C(S)C2C=C1C1=C2CC=C1)=C(/C1=C(C)CC=C1)C(C)c1c(/N=C/C=C(C=C/C=C\CCC)\C=C/C)ccc2c1C=CCC2. The van der Waals surface area contributed by atoms with Gasteiger partial charge in [0.15, 0.2) is 0 Å². The van der Waals surface area contributed by atoms with Crippen molar-refractivity contribution in [3.8, 4) is 0 Å². The lowest BCUT2D eigenvalue weighted by molar-refractivity contribution is 0.788. The molecule has 0 spiro atoms. The van der Waals surface area contributed by atoms with Crippen LogP contribution in [0.15, 0.2) is 177 Å². The van der Waals surface area contributed by atoms with Gasteiger partial charge in [-0.2, -0.15) is 12.6 Å². The van der Waals surface area contributed by atoms with Crippen molar-refractivity contribution >= 4 is 30.6 Å². The van der Waals surface area contributed by atoms with Crippen molar-refractivity contribution in [3.05, 3.63) is 189 Å². The maximum absolute atomic E-state index is 5.19. The number of aliphatic imine (C=N–C) groups is 1. The van der Waals surface area contributed by atoms with Crippen LogP contribution in [0.1, 0.15) is 82.4 Å². The molecule has 1 nitrogen and oxygen atoms in total. The Hall–Kier alpha value is -4.40. The molecule has 3 unspecified atom stereocenters. The summed E-state index contributed by atoms with van der Waals surface area (Å²) in [6.45, 7) is 13.4. The minimum atomic E-state index is 0.0569. The predicted octanol–water partition coefficient (Wildman–Crippen LogP) is 13.2. The van der Waals surface area contributed by atoms with Gasteiger partial charge in [-0.15, -0.1) is 0 Å². The highest BCUT2D eigenvalue weighted by Gasteiger charge is 2.34. The zero-order valence-electron chi connectivity index (χ0n) is 30.2. The minimum absolute atomic E-state index is 0.0569. The van der Waals surface area contributed by atoms with Crippen LogP contribution in [-0.2, 0) is 6.42 Å². The van der Waals surface area contributed by atoms with Crippen LogP contribution < -0.4 is 0 Å². The first-order valence-electron chi connectivity index (χ1n) is 18.4. The van der Waals surface area contributed by atoms with Crippen LogP contribution in [0.2, 0.25) is 0 Å². The van der Waals surface area contributed by atoms with Crippen molar-refractivity contribution in [1.82, 2.24) is 0 Å². The number of aryl methyl sites for hydroxylation is 1. The lowest BCUT2D eigenvalue weighted by Crippen LogP contribution is -2.12. The number of benzene rings is 1. The van der Waals surface area contributed by atoms with Gasteiger partial charge in [-0.1, -0.05) is 147 Å². The van der Waals surface area contributed by atoms with E-state index >= 15 is 0 Å². The third-order valence-corrected chi connectivity index (χ3v) is 10.9.